The summed E-state index contributed by atoms with van der Waals surface area (Å²) in [6.45, 7) is 9.46. The quantitative estimate of drug-likeness (QED) is 0.565. The van der Waals surface area contributed by atoms with Crippen molar-refractivity contribution in [2.24, 2.45) is 5.92 Å². The van der Waals surface area contributed by atoms with Gasteiger partial charge in [-0.1, -0.05) is 18.2 Å². The molecule has 1 saturated heterocycles. The molecule has 0 N–H and O–H groups in total. The van der Waals surface area contributed by atoms with E-state index in [2.05, 4.69) is 14.9 Å². The Hall–Kier alpha value is -2.25. The second kappa shape index (κ2) is 11.6. The first-order chi connectivity index (χ1) is 15.3. The van der Waals surface area contributed by atoms with E-state index in [1.54, 1.807) is 6.07 Å². The minimum absolute atomic E-state index is 0.137. The first-order valence-electron chi connectivity index (χ1n) is 11.7. The molecule has 176 valence electrons. The Balaban J connectivity index is 1.58. The summed E-state index contributed by atoms with van der Waals surface area (Å²) in [5.74, 6) is 0.461. The Morgan fingerprint density at radius 3 is 2.69 bits per heavy atom. The van der Waals surface area contributed by atoms with Crippen molar-refractivity contribution >= 4 is 5.91 Å². The molecule has 1 aliphatic heterocycles. The van der Waals surface area contributed by atoms with Gasteiger partial charge in [0.05, 0.1) is 5.69 Å². The number of hydrogen-bond donors (Lipinski definition) is 0. The average Bonchev–Trinajstić information content (AvgIpc) is 3.08. The van der Waals surface area contributed by atoms with E-state index in [0.717, 1.165) is 62.5 Å². The monoisotopic (exact) mass is 443 g/mol. The maximum absolute atomic E-state index is 14.1. The molecule has 1 atom stereocenters. The minimum Gasteiger partial charge on any atom is -0.341 e. The summed E-state index contributed by atoms with van der Waals surface area (Å²) in [4.78, 5) is 19.6. The van der Waals surface area contributed by atoms with Gasteiger partial charge in [-0.2, -0.15) is 5.10 Å². The lowest BCUT2D eigenvalue weighted by Gasteiger charge is -2.36. The highest BCUT2D eigenvalue weighted by Gasteiger charge is 2.25. The van der Waals surface area contributed by atoms with E-state index in [9.17, 15) is 9.18 Å². The van der Waals surface area contributed by atoms with Gasteiger partial charge in [-0.3, -0.25) is 14.4 Å². The van der Waals surface area contributed by atoms with Crippen LogP contribution in [0, 0.1) is 25.6 Å². The summed E-state index contributed by atoms with van der Waals surface area (Å²) < 4.78 is 16.0. The fourth-order valence-electron chi connectivity index (χ4n) is 4.52. The summed E-state index contributed by atoms with van der Waals surface area (Å²) in [6.07, 6.45) is 2.65. The van der Waals surface area contributed by atoms with Crippen LogP contribution in [0.2, 0.25) is 0 Å². The number of amides is 1. The number of rotatable bonds is 10. The van der Waals surface area contributed by atoms with Crippen LogP contribution in [0.1, 0.15) is 36.2 Å². The number of halogens is 1. The van der Waals surface area contributed by atoms with Gasteiger partial charge in [0.15, 0.2) is 0 Å². The van der Waals surface area contributed by atoms with E-state index < -0.39 is 0 Å². The molecule has 7 heteroatoms. The summed E-state index contributed by atoms with van der Waals surface area (Å²) in [6, 6.07) is 9.06. The third kappa shape index (κ3) is 7.14. The van der Waals surface area contributed by atoms with Gasteiger partial charge in [-0.25, -0.2) is 4.39 Å². The van der Waals surface area contributed by atoms with E-state index in [0.29, 0.717) is 25.4 Å². The van der Waals surface area contributed by atoms with Gasteiger partial charge in [0.1, 0.15) is 5.82 Å². The van der Waals surface area contributed by atoms with E-state index >= 15 is 0 Å². The normalized spacial score (nSPS) is 17.1. The zero-order chi connectivity index (χ0) is 23.1. The van der Waals surface area contributed by atoms with Crippen LogP contribution < -0.4 is 0 Å². The Bertz CT molecular complexity index is 881. The van der Waals surface area contributed by atoms with E-state index in [1.807, 2.05) is 55.7 Å². The first-order valence-corrected chi connectivity index (χ1v) is 11.7. The molecule has 1 aromatic carbocycles. The molecule has 1 fully saturated rings. The lowest BCUT2D eigenvalue weighted by Crippen LogP contribution is -2.44. The number of aryl methyl sites for hydroxylation is 3. The molecule has 0 saturated carbocycles. The van der Waals surface area contributed by atoms with Gasteiger partial charge < -0.3 is 9.80 Å². The second-order valence-electron chi connectivity index (χ2n) is 9.38. The standard InChI is InChI=1S/C25H38FN5O/c1-20-16-21(2)31(27-20)13-11-25(32)30(15-14-28(3)4)18-22-8-7-12-29(17-22)19-23-9-5-6-10-24(23)26/h5-6,9-10,16,22H,7-8,11-15,17-19H2,1-4H3. The lowest BCUT2D eigenvalue weighted by molar-refractivity contribution is -0.132. The molecule has 2 heterocycles. The van der Waals surface area contributed by atoms with Crippen molar-refractivity contribution in [1.29, 1.82) is 0 Å². The van der Waals surface area contributed by atoms with Gasteiger partial charge in [-0.15, -0.1) is 0 Å². The van der Waals surface area contributed by atoms with Crippen LogP contribution >= 0.6 is 0 Å². The molecule has 0 spiro atoms. The second-order valence-corrected chi connectivity index (χ2v) is 9.38. The number of carbonyl (C=O) groups is 1. The van der Waals surface area contributed by atoms with Crippen LogP contribution in [0.3, 0.4) is 0 Å². The molecule has 1 amide bonds. The van der Waals surface area contributed by atoms with E-state index in [1.165, 1.54) is 6.07 Å². The third-order valence-electron chi connectivity index (χ3n) is 6.24. The summed E-state index contributed by atoms with van der Waals surface area (Å²) in [7, 11) is 4.07. The molecular formula is C25H38FN5O. The molecule has 0 bridgehead atoms. The highest BCUT2D eigenvalue weighted by molar-refractivity contribution is 5.76. The lowest BCUT2D eigenvalue weighted by atomic mass is 9.96. The highest BCUT2D eigenvalue weighted by Crippen LogP contribution is 2.21. The molecule has 32 heavy (non-hydrogen) atoms. The molecular weight excluding hydrogens is 405 g/mol. The van der Waals surface area contributed by atoms with Crippen molar-refractivity contribution in [3.05, 3.63) is 53.1 Å². The van der Waals surface area contributed by atoms with Crippen molar-refractivity contribution in [2.75, 3.05) is 46.8 Å². The molecule has 1 aromatic heterocycles. The Morgan fingerprint density at radius 1 is 1.22 bits per heavy atom. The smallest absolute Gasteiger partial charge is 0.224 e. The van der Waals surface area contributed by atoms with Crippen LogP contribution in [0.25, 0.3) is 0 Å². The minimum atomic E-state index is -0.137. The van der Waals surface area contributed by atoms with Crippen molar-refractivity contribution in [3.8, 4) is 0 Å². The van der Waals surface area contributed by atoms with Crippen LogP contribution in [0.4, 0.5) is 4.39 Å². The Labute approximate surface area is 192 Å². The van der Waals surface area contributed by atoms with Crippen molar-refractivity contribution in [3.63, 3.8) is 0 Å². The molecule has 1 unspecified atom stereocenters. The zero-order valence-corrected chi connectivity index (χ0v) is 20.1. The largest absolute Gasteiger partial charge is 0.341 e. The number of piperidine rings is 1. The van der Waals surface area contributed by atoms with Crippen molar-refractivity contribution < 1.29 is 9.18 Å². The molecule has 0 aliphatic carbocycles. The fourth-order valence-corrected chi connectivity index (χ4v) is 4.52. The maximum Gasteiger partial charge on any atom is 0.224 e. The number of carbonyl (C=O) groups excluding carboxylic acids is 1. The Morgan fingerprint density at radius 2 is 2.00 bits per heavy atom. The van der Waals surface area contributed by atoms with E-state index in [-0.39, 0.29) is 11.7 Å². The van der Waals surface area contributed by atoms with E-state index in [4.69, 9.17) is 0 Å². The molecule has 3 rings (SSSR count). The predicted octanol–water partition coefficient (Wildman–Crippen LogP) is 3.33. The predicted molar refractivity (Wildman–Crippen MR) is 126 cm³/mol. The molecule has 2 aromatic rings. The first kappa shape index (κ1) is 24.4. The topological polar surface area (TPSA) is 44.6 Å². The van der Waals surface area contributed by atoms with Crippen LogP contribution in [-0.4, -0.2) is 77.2 Å². The third-order valence-corrected chi connectivity index (χ3v) is 6.24. The molecule has 0 radical (unpaired) electrons. The number of benzene rings is 1. The highest BCUT2D eigenvalue weighted by atomic mass is 19.1. The van der Waals surface area contributed by atoms with Gasteiger partial charge in [0.25, 0.3) is 0 Å². The van der Waals surface area contributed by atoms with Gasteiger partial charge in [0.2, 0.25) is 5.91 Å². The van der Waals surface area contributed by atoms with Gasteiger partial charge in [-0.05, 0) is 65.4 Å². The molecule has 6 nitrogen and oxygen atoms in total. The van der Waals surface area contributed by atoms with Gasteiger partial charge >= 0.3 is 0 Å². The zero-order valence-electron chi connectivity index (χ0n) is 20.1. The summed E-state index contributed by atoms with van der Waals surface area (Å²) in [5.41, 5.74) is 2.82. The summed E-state index contributed by atoms with van der Waals surface area (Å²) >= 11 is 0. The SMILES string of the molecule is Cc1cc(C)n(CCC(=O)N(CCN(C)C)CC2CCCN(Cc3ccccc3F)C2)n1. The van der Waals surface area contributed by atoms with Crippen LogP contribution in [-0.2, 0) is 17.9 Å². The van der Waals surface area contributed by atoms with Crippen LogP contribution in [0.15, 0.2) is 30.3 Å². The maximum atomic E-state index is 14.1. The number of likely N-dealkylation sites (tertiary alicyclic amines) is 1. The Kier molecular flexibility index (Phi) is 8.82. The molecule has 1 aliphatic rings. The van der Waals surface area contributed by atoms with Crippen molar-refractivity contribution in [1.82, 2.24) is 24.5 Å². The number of nitrogens with zero attached hydrogens (tertiary/aromatic N) is 5. The van der Waals surface area contributed by atoms with Crippen LogP contribution in [0.5, 0.6) is 0 Å². The fraction of sp³-hybridized carbons (Fsp3) is 0.600. The summed E-state index contributed by atoms with van der Waals surface area (Å²) in [5, 5.41) is 4.49. The number of hydrogen-bond acceptors (Lipinski definition) is 4. The average molecular weight is 444 g/mol. The number of likely N-dealkylation sites (N-methyl/N-ethyl adjacent to an activating group) is 1. The number of aromatic nitrogens is 2. The van der Waals surface area contributed by atoms with Gasteiger partial charge in [0, 0.05) is 56.9 Å². The van der Waals surface area contributed by atoms with Crippen molar-refractivity contribution in [2.45, 2.75) is 46.2 Å².